The van der Waals surface area contributed by atoms with Crippen molar-refractivity contribution >= 4 is 5.91 Å². The monoisotopic (exact) mass is 254 g/mol. The van der Waals surface area contributed by atoms with Crippen LogP contribution in [0.2, 0.25) is 0 Å². The molecule has 4 atom stereocenters. The van der Waals surface area contributed by atoms with Crippen molar-refractivity contribution in [3.8, 4) is 0 Å². The normalized spacial score (nSPS) is 36.6. The summed E-state index contributed by atoms with van der Waals surface area (Å²) in [5.74, 6) is 0.282. The standard InChI is InChI=1S/C14H26N2O2/c1-4-7-13-15-10(5-2)14(17)16(13)11-8-6-9-12(11)18-3/h10-13,15H,4-9H2,1-3H3. The van der Waals surface area contributed by atoms with Crippen molar-refractivity contribution in [1.29, 1.82) is 0 Å². The third-order valence-corrected chi connectivity index (χ3v) is 4.33. The lowest BCUT2D eigenvalue weighted by Gasteiger charge is -2.33. The fourth-order valence-corrected chi connectivity index (χ4v) is 3.40. The van der Waals surface area contributed by atoms with Crippen LogP contribution in [-0.4, -0.2) is 42.3 Å². The van der Waals surface area contributed by atoms with E-state index in [9.17, 15) is 4.79 Å². The van der Waals surface area contributed by atoms with E-state index in [1.165, 1.54) is 6.42 Å². The molecule has 4 heteroatoms. The van der Waals surface area contributed by atoms with Crippen LogP contribution in [-0.2, 0) is 9.53 Å². The molecule has 2 fully saturated rings. The Hall–Kier alpha value is -0.610. The Morgan fingerprint density at radius 1 is 1.39 bits per heavy atom. The van der Waals surface area contributed by atoms with Gasteiger partial charge in [0, 0.05) is 7.11 Å². The molecule has 1 amide bonds. The summed E-state index contributed by atoms with van der Waals surface area (Å²) in [5.41, 5.74) is 0. The van der Waals surface area contributed by atoms with E-state index in [1.807, 2.05) is 0 Å². The first-order chi connectivity index (χ1) is 8.72. The first-order valence-corrected chi connectivity index (χ1v) is 7.33. The van der Waals surface area contributed by atoms with Gasteiger partial charge in [0.25, 0.3) is 0 Å². The maximum Gasteiger partial charge on any atom is 0.241 e. The summed E-state index contributed by atoms with van der Waals surface area (Å²) in [7, 11) is 1.77. The summed E-state index contributed by atoms with van der Waals surface area (Å²) in [6.07, 6.45) is 6.79. The fraction of sp³-hybridized carbons (Fsp3) is 0.929. The van der Waals surface area contributed by atoms with Gasteiger partial charge in [-0.1, -0.05) is 20.3 Å². The van der Waals surface area contributed by atoms with Crippen molar-refractivity contribution in [3.05, 3.63) is 0 Å². The second-order valence-corrected chi connectivity index (χ2v) is 5.45. The lowest BCUT2D eigenvalue weighted by atomic mass is 10.1. The molecule has 1 heterocycles. The van der Waals surface area contributed by atoms with Crippen LogP contribution in [0.5, 0.6) is 0 Å². The van der Waals surface area contributed by atoms with Gasteiger partial charge in [-0.3, -0.25) is 10.1 Å². The molecule has 2 rings (SSSR count). The van der Waals surface area contributed by atoms with Crippen LogP contribution in [0.1, 0.15) is 52.4 Å². The molecule has 1 saturated heterocycles. The molecule has 1 aliphatic heterocycles. The van der Waals surface area contributed by atoms with Gasteiger partial charge in [0.15, 0.2) is 0 Å². The van der Waals surface area contributed by atoms with E-state index < -0.39 is 0 Å². The molecule has 0 aromatic carbocycles. The van der Waals surface area contributed by atoms with Gasteiger partial charge in [-0.2, -0.15) is 0 Å². The van der Waals surface area contributed by atoms with Crippen molar-refractivity contribution in [2.45, 2.75) is 76.7 Å². The topological polar surface area (TPSA) is 41.6 Å². The Kier molecular flexibility index (Phi) is 4.62. The average molecular weight is 254 g/mol. The lowest BCUT2D eigenvalue weighted by Crippen LogP contribution is -2.48. The molecule has 0 aromatic heterocycles. The van der Waals surface area contributed by atoms with Crippen LogP contribution in [0.15, 0.2) is 0 Å². The Balaban J connectivity index is 2.13. The third-order valence-electron chi connectivity index (χ3n) is 4.33. The third kappa shape index (κ3) is 2.41. The van der Waals surface area contributed by atoms with Crippen LogP contribution in [0.3, 0.4) is 0 Å². The van der Waals surface area contributed by atoms with Gasteiger partial charge >= 0.3 is 0 Å². The molecule has 0 aromatic rings. The molecule has 1 N–H and O–H groups in total. The van der Waals surface area contributed by atoms with Crippen molar-refractivity contribution in [1.82, 2.24) is 10.2 Å². The second-order valence-electron chi connectivity index (χ2n) is 5.45. The number of hydrogen-bond donors (Lipinski definition) is 1. The van der Waals surface area contributed by atoms with Crippen molar-refractivity contribution < 1.29 is 9.53 Å². The molecule has 1 aliphatic carbocycles. The minimum Gasteiger partial charge on any atom is -0.379 e. The van der Waals surface area contributed by atoms with E-state index in [1.54, 1.807) is 7.11 Å². The minimum atomic E-state index is 0.0136. The molecule has 0 spiro atoms. The molecule has 104 valence electrons. The van der Waals surface area contributed by atoms with Gasteiger partial charge < -0.3 is 9.64 Å². The predicted molar refractivity (Wildman–Crippen MR) is 71.2 cm³/mol. The number of ether oxygens (including phenoxy) is 1. The average Bonchev–Trinajstić information content (AvgIpc) is 2.94. The number of hydrogen-bond acceptors (Lipinski definition) is 3. The Morgan fingerprint density at radius 3 is 2.78 bits per heavy atom. The summed E-state index contributed by atoms with van der Waals surface area (Å²) >= 11 is 0. The van der Waals surface area contributed by atoms with Crippen LogP contribution in [0, 0.1) is 0 Å². The van der Waals surface area contributed by atoms with Gasteiger partial charge in [-0.15, -0.1) is 0 Å². The van der Waals surface area contributed by atoms with Gasteiger partial charge in [-0.25, -0.2) is 0 Å². The highest BCUT2D eigenvalue weighted by molar-refractivity contribution is 5.84. The Morgan fingerprint density at radius 2 is 2.17 bits per heavy atom. The van der Waals surface area contributed by atoms with E-state index in [4.69, 9.17) is 4.74 Å². The van der Waals surface area contributed by atoms with Gasteiger partial charge in [0.1, 0.15) is 0 Å². The van der Waals surface area contributed by atoms with Gasteiger partial charge in [-0.05, 0) is 32.1 Å². The number of methoxy groups -OCH3 is 1. The summed E-state index contributed by atoms with van der Waals surface area (Å²) in [6, 6.07) is 0.294. The second kappa shape index (κ2) is 6.02. The Labute approximate surface area is 110 Å². The summed E-state index contributed by atoms with van der Waals surface area (Å²) in [5, 5.41) is 3.48. The zero-order valence-corrected chi connectivity index (χ0v) is 11.8. The smallest absolute Gasteiger partial charge is 0.241 e. The SMILES string of the molecule is CCCC1NC(CC)C(=O)N1C1CCCC1OC. The minimum absolute atomic E-state index is 0.0136. The number of nitrogens with one attached hydrogen (secondary N) is 1. The fourth-order valence-electron chi connectivity index (χ4n) is 3.40. The quantitative estimate of drug-likeness (QED) is 0.814. The lowest BCUT2D eigenvalue weighted by molar-refractivity contribution is -0.134. The number of carbonyl (C=O) groups is 1. The highest BCUT2D eigenvalue weighted by Gasteiger charge is 2.45. The number of carbonyl (C=O) groups excluding carboxylic acids is 1. The molecule has 18 heavy (non-hydrogen) atoms. The van der Waals surface area contributed by atoms with Crippen LogP contribution >= 0.6 is 0 Å². The first-order valence-electron chi connectivity index (χ1n) is 7.33. The van der Waals surface area contributed by atoms with Crippen molar-refractivity contribution in [3.63, 3.8) is 0 Å². The number of amides is 1. The van der Waals surface area contributed by atoms with E-state index in [2.05, 4.69) is 24.1 Å². The Bertz CT molecular complexity index is 296. The molecule has 0 bridgehead atoms. The molecule has 0 radical (unpaired) electrons. The van der Waals surface area contributed by atoms with E-state index in [0.717, 1.165) is 32.1 Å². The van der Waals surface area contributed by atoms with E-state index in [-0.39, 0.29) is 30.3 Å². The highest BCUT2D eigenvalue weighted by atomic mass is 16.5. The predicted octanol–water partition coefficient (Wildman–Crippen LogP) is 1.89. The maximum absolute atomic E-state index is 12.5. The zero-order valence-electron chi connectivity index (χ0n) is 11.8. The summed E-state index contributed by atoms with van der Waals surface area (Å²) in [6.45, 7) is 4.25. The van der Waals surface area contributed by atoms with Crippen LogP contribution < -0.4 is 5.32 Å². The summed E-state index contributed by atoms with van der Waals surface area (Å²) in [4.78, 5) is 14.6. The largest absolute Gasteiger partial charge is 0.379 e. The first kappa shape index (κ1) is 13.8. The van der Waals surface area contributed by atoms with Crippen molar-refractivity contribution in [2.75, 3.05) is 7.11 Å². The molecule has 2 aliphatic rings. The number of nitrogens with zero attached hydrogens (tertiary/aromatic N) is 1. The summed E-state index contributed by atoms with van der Waals surface area (Å²) < 4.78 is 5.56. The number of rotatable bonds is 5. The highest BCUT2D eigenvalue weighted by Crippen LogP contribution is 2.31. The molecule has 4 nitrogen and oxygen atoms in total. The van der Waals surface area contributed by atoms with Gasteiger partial charge in [0.05, 0.1) is 24.4 Å². The maximum atomic E-state index is 12.5. The molecule has 4 unspecified atom stereocenters. The van der Waals surface area contributed by atoms with E-state index in [0.29, 0.717) is 0 Å². The molecule has 1 saturated carbocycles. The van der Waals surface area contributed by atoms with E-state index >= 15 is 0 Å². The van der Waals surface area contributed by atoms with Crippen LogP contribution in [0.25, 0.3) is 0 Å². The zero-order chi connectivity index (χ0) is 13.1. The molecular weight excluding hydrogens is 228 g/mol. The van der Waals surface area contributed by atoms with Gasteiger partial charge in [0.2, 0.25) is 5.91 Å². The van der Waals surface area contributed by atoms with Crippen molar-refractivity contribution in [2.24, 2.45) is 0 Å². The van der Waals surface area contributed by atoms with Crippen LogP contribution in [0.4, 0.5) is 0 Å². The molecular formula is C14H26N2O2.